The van der Waals surface area contributed by atoms with Crippen LogP contribution in [0.4, 0.5) is 0 Å². The van der Waals surface area contributed by atoms with Crippen LogP contribution in [0.5, 0.6) is 0 Å². The van der Waals surface area contributed by atoms with Gasteiger partial charge in [-0.3, -0.25) is 0 Å². The molecule has 2 aliphatic heterocycles. The fraction of sp³-hybridized carbons (Fsp3) is 0.684. The molecule has 0 aromatic heterocycles. The van der Waals surface area contributed by atoms with Crippen LogP contribution in [0.2, 0.25) is 0 Å². The fourth-order valence-corrected chi connectivity index (χ4v) is 5.77. The van der Waals surface area contributed by atoms with Gasteiger partial charge in [0.2, 0.25) is 0 Å². The van der Waals surface area contributed by atoms with Crippen molar-refractivity contribution < 1.29 is 34.0 Å². The summed E-state index contributed by atoms with van der Waals surface area (Å²) < 4.78 is 16.8. The Hall–Kier alpha value is -0.970. The second-order valence-corrected chi connectivity index (χ2v) is 9.02. The number of esters is 2. The van der Waals surface area contributed by atoms with Crippen LogP contribution in [0.1, 0.15) is 19.8 Å². The van der Waals surface area contributed by atoms with Crippen LogP contribution in [0, 0.1) is 17.8 Å². The zero-order valence-corrected chi connectivity index (χ0v) is 17.2. The standard InChI is InChI=1S/C19H23IO7/c1-8-4-11(26-17(23)18(3)7-25-18)13-9(2)16(22)27-15(13)14-10(8)5-12(21)19(14,24)6-20/h10-15,21,24H,1-2,4-7H2,3H3/t10-,11-,12-,13+,14-,15-,18+,19+/m0/s1. The molecule has 4 rings (SSSR count). The van der Waals surface area contributed by atoms with Crippen molar-refractivity contribution in [1.29, 1.82) is 0 Å². The number of carbonyl (C=O) groups excluding carboxylic acids is 2. The lowest BCUT2D eigenvalue weighted by Crippen LogP contribution is -2.52. The number of aliphatic hydroxyl groups excluding tert-OH is 1. The third-order valence-electron chi connectivity index (χ3n) is 6.55. The lowest BCUT2D eigenvalue weighted by Gasteiger charge is -2.37. The summed E-state index contributed by atoms with van der Waals surface area (Å²) in [6, 6.07) is 0. The molecule has 0 amide bonds. The quantitative estimate of drug-likeness (QED) is 0.151. The van der Waals surface area contributed by atoms with Crippen molar-refractivity contribution in [1.82, 2.24) is 0 Å². The van der Waals surface area contributed by atoms with Crippen molar-refractivity contribution in [2.75, 3.05) is 11.0 Å². The van der Waals surface area contributed by atoms with Crippen LogP contribution in [0.25, 0.3) is 0 Å². The highest BCUT2D eigenvalue weighted by atomic mass is 127. The molecule has 0 aromatic carbocycles. The Bertz CT molecular complexity index is 730. The molecule has 4 fully saturated rings. The van der Waals surface area contributed by atoms with Crippen molar-refractivity contribution in [3.63, 3.8) is 0 Å². The minimum absolute atomic E-state index is 0.227. The molecule has 27 heavy (non-hydrogen) atoms. The predicted octanol–water partition coefficient (Wildman–Crippen LogP) is 0.908. The van der Waals surface area contributed by atoms with Crippen LogP contribution in [0.3, 0.4) is 0 Å². The van der Waals surface area contributed by atoms with E-state index in [-0.39, 0.29) is 15.9 Å². The van der Waals surface area contributed by atoms with E-state index in [4.69, 9.17) is 14.2 Å². The van der Waals surface area contributed by atoms with Gasteiger partial charge >= 0.3 is 11.9 Å². The summed E-state index contributed by atoms with van der Waals surface area (Å²) in [7, 11) is 0. The van der Waals surface area contributed by atoms with E-state index in [1.54, 1.807) is 6.92 Å². The van der Waals surface area contributed by atoms with E-state index >= 15 is 0 Å². The van der Waals surface area contributed by atoms with E-state index in [1.807, 2.05) is 22.6 Å². The Labute approximate surface area is 170 Å². The molecule has 2 N–H and O–H groups in total. The first-order valence-electron chi connectivity index (χ1n) is 9.01. The number of hydrogen-bond donors (Lipinski definition) is 2. The minimum Gasteiger partial charge on any atom is -0.459 e. The average molecular weight is 490 g/mol. The van der Waals surface area contributed by atoms with Crippen molar-refractivity contribution in [2.24, 2.45) is 17.8 Å². The molecule has 0 radical (unpaired) electrons. The second-order valence-electron chi connectivity index (χ2n) is 8.26. The first-order chi connectivity index (χ1) is 12.6. The van der Waals surface area contributed by atoms with Gasteiger partial charge in [0.05, 0.1) is 18.6 Å². The lowest BCUT2D eigenvalue weighted by atomic mass is 9.76. The Morgan fingerprint density at radius 3 is 2.70 bits per heavy atom. The van der Waals surface area contributed by atoms with Crippen LogP contribution in [0.15, 0.2) is 24.3 Å². The zero-order chi connectivity index (χ0) is 19.7. The third-order valence-corrected chi connectivity index (χ3v) is 7.77. The Kier molecular flexibility index (Phi) is 4.49. The van der Waals surface area contributed by atoms with Gasteiger partial charge in [-0.25, -0.2) is 9.59 Å². The van der Waals surface area contributed by atoms with Gasteiger partial charge in [-0.2, -0.15) is 0 Å². The molecule has 2 heterocycles. The Morgan fingerprint density at radius 1 is 1.44 bits per heavy atom. The van der Waals surface area contributed by atoms with Gasteiger partial charge in [0.1, 0.15) is 17.8 Å². The molecule has 8 heteroatoms. The molecule has 0 bridgehead atoms. The number of fused-ring (bicyclic) bond motifs is 3. The number of rotatable bonds is 3. The molecule has 2 saturated carbocycles. The van der Waals surface area contributed by atoms with Crippen molar-refractivity contribution in [2.45, 2.75) is 49.3 Å². The molecule has 8 atom stereocenters. The smallest absolute Gasteiger partial charge is 0.340 e. The van der Waals surface area contributed by atoms with Gasteiger partial charge in [0.25, 0.3) is 0 Å². The molecule has 148 valence electrons. The summed E-state index contributed by atoms with van der Waals surface area (Å²) in [5.41, 5.74) is -1.35. The minimum atomic E-state index is -1.41. The molecule has 0 spiro atoms. The summed E-state index contributed by atoms with van der Waals surface area (Å²) in [6.07, 6.45) is -1.68. The first kappa shape index (κ1) is 19.4. The topological polar surface area (TPSA) is 106 Å². The molecule has 0 unspecified atom stereocenters. The molecule has 7 nitrogen and oxygen atoms in total. The molecule has 2 aliphatic carbocycles. The summed E-state index contributed by atoms with van der Waals surface area (Å²) in [5.74, 6) is -2.38. The molecule has 2 saturated heterocycles. The van der Waals surface area contributed by atoms with E-state index in [0.29, 0.717) is 19.4 Å². The van der Waals surface area contributed by atoms with E-state index in [0.717, 1.165) is 5.57 Å². The van der Waals surface area contributed by atoms with Crippen molar-refractivity contribution in [3.8, 4) is 0 Å². The zero-order valence-electron chi connectivity index (χ0n) is 15.0. The van der Waals surface area contributed by atoms with Gasteiger partial charge in [-0.05, 0) is 19.3 Å². The molecule has 4 aliphatic rings. The van der Waals surface area contributed by atoms with Gasteiger partial charge in [-0.1, -0.05) is 41.3 Å². The highest BCUT2D eigenvalue weighted by molar-refractivity contribution is 14.1. The number of hydrogen-bond acceptors (Lipinski definition) is 7. The van der Waals surface area contributed by atoms with Crippen molar-refractivity contribution in [3.05, 3.63) is 24.3 Å². The van der Waals surface area contributed by atoms with Gasteiger partial charge in [0, 0.05) is 22.3 Å². The Balaban J connectivity index is 1.72. The largest absolute Gasteiger partial charge is 0.459 e. The predicted molar refractivity (Wildman–Crippen MR) is 102 cm³/mol. The van der Waals surface area contributed by atoms with Gasteiger partial charge in [0.15, 0.2) is 5.60 Å². The SMILES string of the molecule is C=C1C(=O)O[C@H]2[C@H]1[C@@H](OC(=O)[C@@]1(C)CO1)CC(=C)[C@@H]1C[C@H](O)[C@](O)(CI)[C@H]21. The van der Waals surface area contributed by atoms with E-state index in [2.05, 4.69) is 13.2 Å². The first-order valence-corrected chi connectivity index (χ1v) is 10.5. The number of carbonyl (C=O) groups is 2. The molecular formula is C19H23IO7. The summed E-state index contributed by atoms with van der Waals surface area (Å²) in [6.45, 7) is 9.95. The van der Waals surface area contributed by atoms with E-state index in [1.165, 1.54) is 0 Å². The van der Waals surface area contributed by atoms with Crippen LogP contribution in [-0.4, -0.2) is 62.7 Å². The number of halogens is 1. The summed E-state index contributed by atoms with van der Waals surface area (Å²) in [5, 5.41) is 21.7. The maximum Gasteiger partial charge on any atom is 0.340 e. The van der Waals surface area contributed by atoms with Gasteiger partial charge in [-0.15, -0.1) is 0 Å². The number of aliphatic hydroxyl groups is 2. The van der Waals surface area contributed by atoms with E-state index < -0.39 is 53.3 Å². The molecular weight excluding hydrogens is 467 g/mol. The number of ether oxygens (including phenoxy) is 3. The highest BCUT2D eigenvalue weighted by Crippen LogP contribution is 2.55. The monoisotopic (exact) mass is 490 g/mol. The summed E-state index contributed by atoms with van der Waals surface area (Å²) in [4.78, 5) is 24.7. The van der Waals surface area contributed by atoms with E-state index in [9.17, 15) is 19.8 Å². The fourth-order valence-electron chi connectivity index (χ4n) is 4.75. The van der Waals surface area contributed by atoms with Crippen molar-refractivity contribution >= 4 is 34.5 Å². The van der Waals surface area contributed by atoms with Crippen LogP contribution >= 0.6 is 22.6 Å². The maximum atomic E-state index is 12.5. The maximum absolute atomic E-state index is 12.5. The third kappa shape index (κ3) is 2.79. The Morgan fingerprint density at radius 2 is 2.11 bits per heavy atom. The molecule has 0 aromatic rings. The highest BCUT2D eigenvalue weighted by Gasteiger charge is 2.64. The number of epoxide rings is 1. The second kappa shape index (κ2) is 6.27. The van der Waals surface area contributed by atoms with Crippen LogP contribution in [-0.2, 0) is 23.8 Å². The summed E-state index contributed by atoms with van der Waals surface area (Å²) >= 11 is 2.03. The average Bonchev–Trinajstić information content (AvgIpc) is 3.25. The number of alkyl halides is 1. The normalized spacial score (nSPS) is 48.5. The lowest BCUT2D eigenvalue weighted by molar-refractivity contribution is -0.161. The van der Waals surface area contributed by atoms with Gasteiger partial charge < -0.3 is 24.4 Å². The van der Waals surface area contributed by atoms with Crippen LogP contribution < -0.4 is 0 Å².